The lowest BCUT2D eigenvalue weighted by atomic mass is 9.97. The lowest BCUT2D eigenvalue weighted by Crippen LogP contribution is -2.34. The highest BCUT2D eigenvalue weighted by molar-refractivity contribution is 5.88. The molecule has 1 aromatic carbocycles. The van der Waals surface area contributed by atoms with Gasteiger partial charge in [-0.1, -0.05) is 30.3 Å². The predicted octanol–water partition coefficient (Wildman–Crippen LogP) is 1.35. The molecule has 0 aliphatic carbocycles. The van der Waals surface area contributed by atoms with Crippen LogP contribution in [0.25, 0.3) is 0 Å². The van der Waals surface area contributed by atoms with Gasteiger partial charge in [0.1, 0.15) is 31.2 Å². The predicted molar refractivity (Wildman–Crippen MR) is 102 cm³/mol. The van der Waals surface area contributed by atoms with Crippen molar-refractivity contribution in [2.45, 2.75) is 51.6 Å². The third kappa shape index (κ3) is 3.93. The summed E-state index contributed by atoms with van der Waals surface area (Å²) in [6, 6.07) is 9.49. The third-order valence-corrected chi connectivity index (χ3v) is 4.90. The van der Waals surface area contributed by atoms with Gasteiger partial charge in [-0.25, -0.2) is 9.67 Å². The first-order chi connectivity index (χ1) is 14.2. The first kappa shape index (κ1) is 20.5. The maximum atomic E-state index is 12.2. The van der Waals surface area contributed by atoms with Crippen LogP contribution in [0, 0.1) is 5.41 Å². The summed E-state index contributed by atoms with van der Waals surface area (Å²) in [7, 11) is 0. The summed E-state index contributed by atoms with van der Waals surface area (Å²) in [5.74, 6) is -1.22. The standard InChI is InChI=1S/C20H24N4O6/c1-20(2,3)19(26)27-9-12-13-14(30-18(29-13)11-7-5-4-6-8-11)17(28-12)24-10-22-16(23-24)15(21)25/h4-8,10,12-14,17-18H,9H2,1-3H3,(H2,21,25)/t12?,13?,14-,17?,18?/m1/s1. The number of nitrogens with two attached hydrogens (primary N) is 1. The van der Waals surface area contributed by atoms with Crippen molar-refractivity contribution in [2.24, 2.45) is 11.1 Å². The minimum atomic E-state index is -0.746. The highest BCUT2D eigenvalue weighted by atomic mass is 16.8. The second kappa shape index (κ2) is 7.78. The van der Waals surface area contributed by atoms with Gasteiger partial charge in [-0.15, -0.1) is 5.10 Å². The van der Waals surface area contributed by atoms with Crippen LogP contribution in [-0.4, -0.2) is 51.6 Å². The van der Waals surface area contributed by atoms with E-state index in [1.807, 2.05) is 30.3 Å². The summed E-state index contributed by atoms with van der Waals surface area (Å²) in [5.41, 5.74) is 5.46. The average Bonchev–Trinajstić information content (AvgIpc) is 3.41. The lowest BCUT2D eigenvalue weighted by Gasteiger charge is -2.22. The lowest BCUT2D eigenvalue weighted by molar-refractivity contribution is -0.173. The Bertz CT molecular complexity index is 925. The Labute approximate surface area is 173 Å². The summed E-state index contributed by atoms with van der Waals surface area (Å²) in [6.45, 7) is 5.32. The number of rotatable bonds is 5. The van der Waals surface area contributed by atoms with E-state index in [1.54, 1.807) is 20.8 Å². The van der Waals surface area contributed by atoms with Crippen molar-refractivity contribution in [1.82, 2.24) is 14.8 Å². The highest BCUT2D eigenvalue weighted by Crippen LogP contribution is 2.44. The summed E-state index contributed by atoms with van der Waals surface area (Å²) in [5, 5.41) is 4.08. The Kier molecular flexibility index (Phi) is 5.31. The zero-order valence-corrected chi connectivity index (χ0v) is 16.9. The van der Waals surface area contributed by atoms with E-state index in [-0.39, 0.29) is 18.4 Å². The number of aromatic nitrogens is 3. The van der Waals surface area contributed by atoms with Crippen molar-refractivity contribution < 1.29 is 28.5 Å². The van der Waals surface area contributed by atoms with E-state index in [1.165, 1.54) is 11.0 Å². The van der Waals surface area contributed by atoms with Crippen LogP contribution in [0.15, 0.2) is 36.7 Å². The van der Waals surface area contributed by atoms with E-state index in [9.17, 15) is 9.59 Å². The van der Waals surface area contributed by atoms with E-state index in [2.05, 4.69) is 10.1 Å². The van der Waals surface area contributed by atoms with Gasteiger partial charge in [-0.05, 0) is 20.8 Å². The Morgan fingerprint density at radius 2 is 1.83 bits per heavy atom. The third-order valence-electron chi connectivity index (χ3n) is 4.90. The minimum Gasteiger partial charge on any atom is -0.462 e. The van der Waals surface area contributed by atoms with Crippen molar-refractivity contribution in [3.05, 3.63) is 48.0 Å². The summed E-state index contributed by atoms with van der Waals surface area (Å²) in [6.07, 6.45) is -1.61. The smallest absolute Gasteiger partial charge is 0.311 e. The Balaban J connectivity index is 1.55. The Morgan fingerprint density at radius 1 is 1.13 bits per heavy atom. The summed E-state index contributed by atoms with van der Waals surface area (Å²) in [4.78, 5) is 27.5. The van der Waals surface area contributed by atoms with E-state index in [0.29, 0.717) is 0 Å². The maximum Gasteiger partial charge on any atom is 0.311 e. The molecule has 2 saturated heterocycles. The molecular weight excluding hydrogens is 392 g/mol. The molecule has 2 fully saturated rings. The number of nitrogens with zero attached hydrogens (tertiary/aromatic N) is 3. The second-order valence-electron chi connectivity index (χ2n) is 8.27. The van der Waals surface area contributed by atoms with Crippen LogP contribution < -0.4 is 5.73 Å². The largest absolute Gasteiger partial charge is 0.462 e. The van der Waals surface area contributed by atoms with Crippen molar-refractivity contribution in [3.63, 3.8) is 0 Å². The van der Waals surface area contributed by atoms with Crippen molar-refractivity contribution in [2.75, 3.05) is 6.61 Å². The molecule has 0 spiro atoms. The van der Waals surface area contributed by atoms with Gasteiger partial charge < -0.3 is 24.7 Å². The van der Waals surface area contributed by atoms with Gasteiger partial charge in [-0.2, -0.15) is 0 Å². The maximum absolute atomic E-state index is 12.2. The van der Waals surface area contributed by atoms with Crippen LogP contribution in [0.3, 0.4) is 0 Å². The fourth-order valence-corrected chi connectivity index (χ4v) is 3.33. The fraction of sp³-hybridized carbons (Fsp3) is 0.500. The molecule has 1 aromatic heterocycles. The monoisotopic (exact) mass is 416 g/mol. The highest BCUT2D eigenvalue weighted by Gasteiger charge is 2.54. The first-order valence-corrected chi connectivity index (χ1v) is 9.63. The SMILES string of the molecule is CC(C)(C)C(=O)OCC1OC(n2cnc(C(N)=O)n2)[C@@H]2OC(c3ccccc3)OC12. The zero-order chi connectivity index (χ0) is 21.5. The number of benzene rings is 1. The molecule has 10 nitrogen and oxygen atoms in total. The molecule has 3 heterocycles. The average molecular weight is 416 g/mol. The topological polar surface area (TPSA) is 128 Å². The van der Waals surface area contributed by atoms with Crippen LogP contribution in [0.5, 0.6) is 0 Å². The van der Waals surface area contributed by atoms with Gasteiger partial charge in [-0.3, -0.25) is 9.59 Å². The van der Waals surface area contributed by atoms with Gasteiger partial charge in [0.05, 0.1) is 5.41 Å². The molecule has 2 N–H and O–H groups in total. The fourth-order valence-electron chi connectivity index (χ4n) is 3.33. The van der Waals surface area contributed by atoms with Crippen molar-refractivity contribution in [3.8, 4) is 0 Å². The molecule has 30 heavy (non-hydrogen) atoms. The number of carbonyl (C=O) groups excluding carboxylic acids is 2. The zero-order valence-electron chi connectivity index (χ0n) is 16.9. The van der Waals surface area contributed by atoms with Crippen LogP contribution in [0.4, 0.5) is 0 Å². The molecule has 4 rings (SSSR count). The van der Waals surface area contributed by atoms with E-state index in [0.717, 1.165) is 5.56 Å². The molecule has 0 bridgehead atoms. The number of ether oxygens (including phenoxy) is 4. The number of carbonyl (C=O) groups is 2. The molecule has 4 unspecified atom stereocenters. The molecule has 1 amide bonds. The van der Waals surface area contributed by atoms with E-state index < -0.39 is 42.2 Å². The molecule has 2 aromatic rings. The number of hydrogen-bond acceptors (Lipinski definition) is 8. The molecule has 160 valence electrons. The number of primary amides is 1. The number of hydrogen-bond donors (Lipinski definition) is 1. The molecule has 2 aliphatic rings. The minimum absolute atomic E-state index is 0.00395. The van der Waals surface area contributed by atoms with E-state index in [4.69, 9.17) is 24.7 Å². The Hall–Kier alpha value is -2.82. The molecule has 5 atom stereocenters. The van der Waals surface area contributed by atoms with Crippen LogP contribution in [0.2, 0.25) is 0 Å². The molecule has 0 saturated carbocycles. The Morgan fingerprint density at radius 3 is 2.47 bits per heavy atom. The molecule has 2 aliphatic heterocycles. The van der Waals surface area contributed by atoms with Crippen LogP contribution >= 0.6 is 0 Å². The second-order valence-corrected chi connectivity index (χ2v) is 8.27. The first-order valence-electron chi connectivity index (χ1n) is 9.63. The normalized spacial score (nSPS) is 28.3. The van der Waals surface area contributed by atoms with Gasteiger partial charge in [0.25, 0.3) is 5.91 Å². The van der Waals surface area contributed by atoms with Gasteiger partial charge in [0.15, 0.2) is 12.5 Å². The number of amides is 1. The van der Waals surface area contributed by atoms with Crippen molar-refractivity contribution in [1.29, 1.82) is 0 Å². The molecule has 10 heteroatoms. The summed E-state index contributed by atoms with van der Waals surface area (Å²) < 4.78 is 25.1. The van der Waals surface area contributed by atoms with Crippen LogP contribution in [-0.2, 0) is 23.7 Å². The quantitative estimate of drug-likeness (QED) is 0.724. The summed E-state index contributed by atoms with van der Waals surface area (Å²) >= 11 is 0. The van der Waals surface area contributed by atoms with Gasteiger partial charge in [0, 0.05) is 5.56 Å². The van der Waals surface area contributed by atoms with Gasteiger partial charge in [0.2, 0.25) is 5.82 Å². The number of esters is 1. The molecule has 0 radical (unpaired) electrons. The van der Waals surface area contributed by atoms with E-state index >= 15 is 0 Å². The molecular formula is C20H24N4O6. The number of fused-ring (bicyclic) bond motifs is 1. The van der Waals surface area contributed by atoms with Gasteiger partial charge >= 0.3 is 5.97 Å². The van der Waals surface area contributed by atoms with Crippen LogP contribution in [0.1, 0.15) is 49.5 Å². The van der Waals surface area contributed by atoms with Crippen molar-refractivity contribution >= 4 is 11.9 Å².